The number of hydrogen-bond acceptors (Lipinski definition) is 4. The normalized spacial score (nSPS) is 20.7. The molecule has 0 spiro atoms. The van der Waals surface area contributed by atoms with Gasteiger partial charge in [-0.25, -0.2) is 0 Å². The number of esters is 1. The molecular formula is C9H15NO3. The highest BCUT2D eigenvalue weighted by Gasteiger charge is 2.40. The van der Waals surface area contributed by atoms with Gasteiger partial charge in [0.2, 0.25) is 0 Å². The molecule has 0 amide bonds. The van der Waals surface area contributed by atoms with Crippen LogP contribution in [0.1, 0.15) is 32.1 Å². The number of hydrogen-bond donors (Lipinski definition) is 0. The first kappa shape index (κ1) is 10.2. The Morgan fingerprint density at radius 1 is 1.38 bits per heavy atom. The number of carbonyl (C=O) groups is 1. The second-order valence-corrected chi connectivity index (χ2v) is 3.62. The Morgan fingerprint density at radius 3 is 2.46 bits per heavy atom. The molecule has 1 aliphatic rings. The van der Waals surface area contributed by atoms with Crippen molar-refractivity contribution in [2.75, 3.05) is 13.7 Å². The van der Waals surface area contributed by atoms with Gasteiger partial charge >= 0.3 is 5.97 Å². The highest BCUT2D eigenvalue weighted by atomic mass is 16.5. The lowest BCUT2D eigenvalue weighted by molar-refractivity contribution is -0.154. The van der Waals surface area contributed by atoms with Gasteiger partial charge < -0.3 is 4.74 Å². The Morgan fingerprint density at radius 2 is 2.00 bits per heavy atom. The third-order valence-corrected chi connectivity index (χ3v) is 2.80. The fraction of sp³-hybridized carbons (Fsp3) is 0.889. The molecule has 4 heteroatoms. The number of carbonyl (C=O) groups excluding carboxylic acids is 1. The highest BCUT2D eigenvalue weighted by Crippen LogP contribution is 2.37. The molecule has 0 aliphatic heterocycles. The van der Waals surface area contributed by atoms with Gasteiger partial charge in [-0.3, -0.25) is 4.79 Å². The van der Waals surface area contributed by atoms with E-state index in [0.717, 1.165) is 32.1 Å². The predicted octanol–water partition coefficient (Wildman–Crippen LogP) is 1.88. The first-order chi connectivity index (χ1) is 6.25. The lowest BCUT2D eigenvalue weighted by Gasteiger charge is -2.31. The smallest absolute Gasteiger partial charge is 0.313 e. The van der Waals surface area contributed by atoms with E-state index >= 15 is 0 Å². The fourth-order valence-corrected chi connectivity index (χ4v) is 2.00. The number of rotatable bonds is 3. The van der Waals surface area contributed by atoms with Crippen molar-refractivity contribution in [1.29, 1.82) is 0 Å². The zero-order chi connectivity index (χ0) is 9.73. The summed E-state index contributed by atoms with van der Waals surface area (Å²) in [4.78, 5) is 21.7. The summed E-state index contributed by atoms with van der Waals surface area (Å²) >= 11 is 0. The molecule has 0 unspecified atom stereocenters. The van der Waals surface area contributed by atoms with Gasteiger partial charge in [-0.1, -0.05) is 24.4 Å². The van der Waals surface area contributed by atoms with Gasteiger partial charge in [0.15, 0.2) is 0 Å². The molecule has 1 saturated carbocycles. The summed E-state index contributed by atoms with van der Waals surface area (Å²) in [6.07, 6.45) is 4.60. The first-order valence-corrected chi connectivity index (χ1v) is 4.63. The third-order valence-electron chi connectivity index (χ3n) is 2.80. The van der Waals surface area contributed by atoms with Crippen molar-refractivity contribution in [1.82, 2.24) is 0 Å². The van der Waals surface area contributed by atoms with Crippen LogP contribution in [-0.2, 0) is 9.53 Å². The number of nitrogens with zero attached hydrogens (tertiary/aromatic N) is 1. The second kappa shape index (κ2) is 4.35. The van der Waals surface area contributed by atoms with Crippen molar-refractivity contribution in [3.8, 4) is 0 Å². The Kier molecular flexibility index (Phi) is 3.39. The third kappa shape index (κ3) is 2.05. The van der Waals surface area contributed by atoms with Gasteiger partial charge in [0.25, 0.3) is 0 Å². The molecule has 0 bridgehead atoms. The molecule has 0 aromatic rings. The molecule has 1 aliphatic carbocycles. The van der Waals surface area contributed by atoms with E-state index < -0.39 is 5.41 Å². The van der Waals surface area contributed by atoms with E-state index in [4.69, 9.17) is 4.74 Å². The van der Waals surface area contributed by atoms with Crippen LogP contribution in [0, 0.1) is 10.3 Å². The zero-order valence-corrected chi connectivity index (χ0v) is 7.91. The van der Waals surface area contributed by atoms with E-state index in [1.165, 1.54) is 7.11 Å². The molecule has 4 nitrogen and oxygen atoms in total. The van der Waals surface area contributed by atoms with Crippen LogP contribution in [-0.4, -0.2) is 19.6 Å². The maximum absolute atomic E-state index is 11.5. The lowest BCUT2D eigenvalue weighted by Crippen LogP contribution is -2.37. The summed E-state index contributed by atoms with van der Waals surface area (Å²) in [7, 11) is 1.36. The Labute approximate surface area is 77.6 Å². The molecule has 74 valence electrons. The summed E-state index contributed by atoms with van der Waals surface area (Å²) < 4.78 is 4.71. The minimum absolute atomic E-state index is 0.0691. The van der Waals surface area contributed by atoms with Gasteiger partial charge in [-0.2, -0.15) is 4.91 Å². The lowest BCUT2D eigenvalue weighted by atomic mass is 9.74. The number of ether oxygens (including phenoxy) is 1. The van der Waals surface area contributed by atoms with Crippen LogP contribution >= 0.6 is 0 Å². The maximum Gasteiger partial charge on any atom is 0.313 e. The molecule has 0 radical (unpaired) electrons. The SMILES string of the molecule is COC(=O)C1(CN=O)CCCCC1. The molecule has 13 heavy (non-hydrogen) atoms. The van der Waals surface area contributed by atoms with E-state index in [0.29, 0.717) is 0 Å². The minimum Gasteiger partial charge on any atom is -0.469 e. The second-order valence-electron chi connectivity index (χ2n) is 3.62. The molecule has 0 N–H and O–H groups in total. The molecule has 0 aromatic heterocycles. The van der Waals surface area contributed by atoms with Crippen molar-refractivity contribution >= 4 is 5.97 Å². The Balaban J connectivity index is 2.71. The topological polar surface area (TPSA) is 55.7 Å². The molecule has 0 heterocycles. The summed E-state index contributed by atoms with van der Waals surface area (Å²) in [5, 5.41) is 2.85. The van der Waals surface area contributed by atoms with Crippen molar-refractivity contribution in [2.45, 2.75) is 32.1 Å². The van der Waals surface area contributed by atoms with Gasteiger partial charge in [-0.05, 0) is 12.8 Å². The maximum atomic E-state index is 11.5. The number of methoxy groups -OCH3 is 1. The van der Waals surface area contributed by atoms with Gasteiger partial charge in [0.1, 0.15) is 0 Å². The summed E-state index contributed by atoms with van der Waals surface area (Å²) in [6, 6.07) is 0. The van der Waals surface area contributed by atoms with Crippen LogP contribution in [0.25, 0.3) is 0 Å². The van der Waals surface area contributed by atoms with E-state index in [2.05, 4.69) is 5.18 Å². The molecule has 1 rings (SSSR count). The van der Waals surface area contributed by atoms with Crippen molar-refractivity contribution < 1.29 is 9.53 Å². The van der Waals surface area contributed by atoms with Crippen LogP contribution in [0.2, 0.25) is 0 Å². The van der Waals surface area contributed by atoms with Crippen LogP contribution in [0.5, 0.6) is 0 Å². The summed E-state index contributed by atoms with van der Waals surface area (Å²) in [6.45, 7) is 0.0691. The first-order valence-electron chi connectivity index (χ1n) is 4.63. The Bertz CT molecular complexity index is 197. The average Bonchev–Trinajstić information content (AvgIpc) is 2.18. The van der Waals surface area contributed by atoms with Crippen LogP contribution in [0.4, 0.5) is 0 Å². The molecule has 0 saturated heterocycles. The number of nitroso groups, excluding NO2 is 1. The van der Waals surface area contributed by atoms with Gasteiger partial charge in [-0.15, -0.1) is 0 Å². The fourth-order valence-electron chi connectivity index (χ4n) is 2.00. The zero-order valence-electron chi connectivity index (χ0n) is 7.91. The minimum atomic E-state index is -0.602. The largest absolute Gasteiger partial charge is 0.469 e. The van der Waals surface area contributed by atoms with E-state index in [-0.39, 0.29) is 12.5 Å². The molecular weight excluding hydrogens is 170 g/mol. The molecule has 0 aromatic carbocycles. The quantitative estimate of drug-likeness (QED) is 0.498. The highest BCUT2D eigenvalue weighted by molar-refractivity contribution is 5.77. The van der Waals surface area contributed by atoms with Gasteiger partial charge in [0.05, 0.1) is 19.1 Å². The van der Waals surface area contributed by atoms with Gasteiger partial charge in [0, 0.05) is 0 Å². The van der Waals surface area contributed by atoms with E-state index in [9.17, 15) is 9.70 Å². The van der Waals surface area contributed by atoms with Crippen LogP contribution in [0.15, 0.2) is 5.18 Å². The van der Waals surface area contributed by atoms with Crippen molar-refractivity contribution in [3.05, 3.63) is 4.91 Å². The average molecular weight is 185 g/mol. The molecule has 1 fully saturated rings. The summed E-state index contributed by atoms with van der Waals surface area (Å²) in [5.74, 6) is -0.271. The summed E-state index contributed by atoms with van der Waals surface area (Å²) in [5.41, 5.74) is -0.602. The van der Waals surface area contributed by atoms with Crippen molar-refractivity contribution in [3.63, 3.8) is 0 Å². The van der Waals surface area contributed by atoms with Crippen molar-refractivity contribution in [2.24, 2.45) is 10.6 Å². The van der Waals surface area contributed by atoms with Crippen LogP contribution in [0.3, 0.4) is 0 Å². The predicted molar refractivity (Wildman–Crippen MR) is 48.2 cm³/mol. The standard InChI is InChI=1S/C9H15NO3/c1-13-8(11)9(7-10-12)5-3-2-4-6-9/h2-7H2,1H3. The van der Waals surface area contributed by atoms with Crippen LogP contribution < -0.4 is 0 Å². The molecule has 0 atom stereocenters. The monoisotopic (exact) mass is 185 g/mol. The Hall–Kier alpha value is -0.930. The van der Waals surface area contributed by atoms with E-state index in [1.807, 2.05) is 0 Å². The van der Waals surface area contributed by atoms with E-state index in [1.54, 1.807) is 0 Å².